The summed E-state index contributed by atoms with van der Waals surface area (Å²) in [5, 5.41) is 3.06. The zero-order valence-electron chi connectivity index (χ0n) is 10.6. The van der Waals surface area contributed by atoms with Crippen LogP contribution in [0, 0.1) is 11.6 Å². The van der Waals surface area contributed by atoms with Gasteiger partial charge in [0.05, 0.1) is 6.20 Å². The molecule has 1 saturated heterocycles. The first kappa shape index (κ1) is 13.2. The van der Waals surface area contributed by atoms with Gasteiger partial charge in [0, 0.05) is 25.2 Å². The smallest absolute Gasteiger partial charge is 0.168 e. The number of hydrogen-bond acceptors (Lipinski definition) is 3. The molecule has 1 aliphatic heterocycles. The molecule has 0 radical (unpaired) electrons. The summed E-state index contributed by atoms with van der Waals surface area (Å²) >= 11 is 0. The first-order valence-electron chi connectivity index (χ1n) is 6.49. The Bertz CT molecular complexity index is 390. The maximum atomic E-state index is 13.4. The highest BCUT2D eigenvalue weighted by Crippen LogP contribution is 2.18. The van der Waals surface area contributed by atoms with E-state index in [9.17, 15) is 8.78 Å². The van der Waals surface area contributed by atoms with E-state index in [2.05, 4.69) is 22.1 Å². The monoisotopic (exact) mass is 255 g/mol. The molecule has 0 aromatic carbocycles. The molecule has 1 N–H and O–H groups in total. The number of pyridine rings is 1. The van der Waals surface area contributed by atoms with Crippen LogP contribution in [0.15, 0.2) is 12.3 Å². The van der Waals surface area contributed by atoms with E-state index in [-0.39, 0.29) is 11.9 Å². The van der Waals surface area contributed by atoms with Crippen molar-refractivity contribution in [2.24, 2.45) is 0 Å². The molecule has 100 valence electrons. The van der Waals surface area contributed by atoms with Gasteiger partial charge in [-0.1, -0.05) is 6.92 Å². The highest BCUT2D eigenvalue weighted by Gasteiger charge is 2.19. The molecule has 2 heterocycles. The number of piperidine rings is 1. The minimum absolute atomic E-state index is 0.158. The molecule has 1 aromatic heterocycles. The molecule has 1 aromatic rings. The highest BCUT2D eigenvalue weighted by atomic mass is 19.1. The quantitative estimate of drug-likeness (QED) is 0.896. The van der Waals surface area contributed by atoms with Crippen LogP contribution in [0.25, 0.3) is 0 Å². The van der Waals surface area contributed by atoms with E-state index >= 15 is 0 Å². The van der Waals surface area contributed by atoms with Gasteiger partial charge >= 0.3 is 0 Å². The van der Waals surface area contributed by atoms with Crippen LogP contribution in [-0.4, -0.2) is 35.6 Å². The van der Waals surface area contributed by atoms with Crippen molar-refractivity contribution < 1.29 is 8.78 Å². The van der Waals surface area contributed by atoms with Crippen molar-refractivity contribution in [1.82, 2.24) is 9.88 Å². The minimum Gasteiger partial charge on any atom is -0.365 e. The molecule has 5 heteroatoms. The number of anilines is 1. The average molecular weight is 255 g/mol. The zero-order chi connectivity index (χ0) is 13.0. The Balaban J connectivity index is 1.87. The Kier molecular flexibility index (Phi) is 4.47. The standard InChI is InChI=1S/C13H19F2N3/c1-2-5-18-6-3-11(4-7-18)17-13-12(15)8-10(14)9-16-13/h8-9,11H,2-7H2,1H3,(H,16,17). The molecular formula is C13H19F2N3. The van der Waals surface area contributed by atoms with Gasteiger partial charge in [0.1, 0.15) is 5.82 Å². The van der Waals surface area contributed by atoms with Gasteiger partial charge < -0.3 is 10.2 Å². The molecule has 0 saturated carbocycles. The van der Waals surface area contributed by atoms with Crippen LogP contribution in [0.2, 0.25) is 0 Å². The van der Waals surface area contributed by atoms with Gasteiger partial charge in [-0.3, -0.25) is 0 Å². The lowest BCUT2D eigenvalue weighted by Crippen LogP contribution is -2.39. The molecule has 2 rings (SSSR count). The maximum absolute atomic E-state index is 13.4. The summed E-state index contributed by atoms with van der Waals surface area (Å²) in [6, 6.07) is 1.09. The molecule has 0 atom stereocenters. The zero-order valence-corrected chi connectivity index (χ0v) is 10.6. The topological polar surface area (TPSA) is 28.2 Å². The summed E-state index contributed by atoms with van der Waals surface area (Å²) in [4.78, 5) is 6.16. The molecule has 0 unspecified atom stereocenters. The normalized spacial score (nSPS) is 17.9. The lowest BCUT2D eigenvalue weighted by Gasteiger charge is -2.32. The predicted octanol–water partition coefficient (Wildman–Crippen LogP) is 2.65. The first-order valence-corrected chi connectivity index (χ1v) is 6.49. The lowest BCUT2D eigenvalue weighted by atomic mass is 10.0. The first-order chi connectivity index (χ1) is 8.69. The third kappa shape index (κ3) is 3.38. The number of rotatable bonds is 4. The van der Waals surface area contributed by atoms with Crippen LogP contribution in [0.5, 0.6) is 0 Å². The van der Waals surface area contributed by atoms with E-state index in [4.69, 9.17) is 0 Å². The average Bonchev–Trinajstić information content (AvgIpc) is 2.35. The van der Waals surface area contributed by atoms with Gasteiger partial charge in [-0.05, 0) is 25.8 Å². The Labute approximate surface area is 106 Å². The molecular weight excluding hydrogens is 236 g/mol. The van der Waals surface area contributed by atoms with Crippen LogP contribution in [0.4, 0.5) is 14.6 Å². The van der Waals surface area contributed by atoms with Gasteiger partial charge in [0.2, 0.25) is 0 Å². The van der Waals surface area contributed by atoms with E-state index in [0.717, 1.165) is 51.2 Å². The van der Waals surface area contributed by atoms with Gasteiger partial charge in [-0.2, -0.15) is 0 Å². The van der Waals surface area contributed by atoms with E-state index in [1.165, 1.54) is 0 Å². The second-order valence-electron chi connectivity index (χ2n) is 4.74. The second-order valence-corrected chi connectivity index (χ2v) is 4.74. The predicted molar refractivity (Wildman–Crippen MR) is 67.5 cm³/mol. The van der Waals surface area contributed by atoms with Crippen LogP contribution in [-0.2, 0) is 0 Å². The largest absolute Gasteiger partial charge is 0.365 e. The van der Waals surface area contributed by atoms with E-state index in [0.29, 0.717) is 0 Å². The number of nitrogens with zero attached hydrogens (tertiary/aromatic N) is 2. The van der Waals surface area contributed by atoms with Gasteiger partial charge in [0.25, 0.3) is 0 Å². The Hall–Kier alpha value is -1.23. The summed E-state index contributed by atoms with van der Waals surface area (Å²) in [6.07, 6.45) is 4.14. The van der Waals surface area contributed by atoms with Gasteiger partial charge in [-0.15, -0.1) is 0 Å². The number of halogens is 2. The summed E-state index contributed by atoms with van der Waals surface area (Å²) < 4.78 is 26.2. The van der Waals surface area contributed by atoms with Crippen molar-refractivity contribution in [2.75, 3.05) is 25.0 Å². The maximum Gasteiger partial charge on any atom is 0.168 e. The third-order valence-electron chi connectivity index (χ3n) is 3.28. The molecule has 0 bridgehead atoms. The van der Waals surface area contributed by atoms with Crippen molar-refractivity contribution in [3.8, 4) is 0 Å². The van der Waals surface area contributed by atoms with E-state index in [1.54, 1.807) is 0 Å². The Morgan fingerprint density at radius 3 is 2.72 bits per heavy atom. The molecule has 1 fully saturated rings. The lowest BCUT2D eigenvalue weighted by molar-refractivity contribution is 0.219. The fourth-order valence-corrected chi connectivity index (χ4v) is 2.33. The Morgan fingerprint density at radius 1 is 1.39 bits per heavy atom. The number of likely N-dealkylation sites (tertiary alicyclic amines) is 1. The minimum atomic E-state index is -0.643. The van der Waals surface area contributed by atoms with Gasteiger partial charge in [-0.25, -0.2) is 13.8 Å². The highest BCUT2D eigenvalue weighted by molar-refractivity contribution is 5.37. The van der Waals surface area contributed by atoms with E-state index in [1.807, 2.05) is 0 Å². The third-order valence-corrected chi connectivity index (χ3v) is 3.28. The molecule has 0 aliphatic carbocycles. The molecule has 1 aliphatic rings. The van der Waals surface area contributed by atoms with Crippen LogP contribution < -0.4 is 5.32 Å². The summed E-state index contributed by atoms with van der Waals surface area (Å²) in [7, 11) is 0. The fourth-order valence-electron chi connectivity index (χ4n) is 2.33. The van der Waals surface area contributed by atoms with Crippen molar-refractivity contribution in [1.29, 1.82) is 0 Å². The van der Waals surface area contributed by atoms with Crippen molar-refractivity contribution >= 4 is 5.82 Å². The number of aromatic nitrogens is 1. The molecule has 0 spiro atoms. The van der Waals surface area contributed by atoms with Crippen LogP contribution in [0.3, 0.4) is 0 Å². The fraction of sp³-hybridized carbons (Fsp3) is 0.615. The van der Waals surface area contributed by atoms with Crippen molar-refractivity contribution in [2.45, 2.75) is 32.2 Å². The molecule has 0 amide bonds. The van der Waals surface area contributed by atoms with Crippen molar-refractivity contribution in [3.05, 3.63) is 23.9 Å². The second kappa shape index (κ2) is 6.09. The van der Waals surface area contributed by atoms with Crippen LogP contribution in [0.1, 0.15) is 26.2 Å². The summed E-state index contributed by atoms with van der Waals surface area (Å²) in [5.74, 6) is -1.10. The van der Waals surface area contributed by atoms with E-state index < -0.39 is 11.6 Å². The Morgan fingerprint density at radius 2 is 2.11 bits per heavy atom. The molecule has 18 heavy (non-hydrogen) atoms. The summed E-state index contributed by atoms with van der Waals surface area (Å²) in [6.45, 7) is 5.33. The summed E-state index contributed by atoms with van der Waals surface area (Å²) in [5.41, 5.74) is 0. The molecule has 3 nitrogen and oxygen atoms in total. The van der Waals surface area contributed by atoms with Gasteiger partial charge in [0.15, 0.2) is 11.6 Å². The SMILES string of the molecule is CCCN1CCC(Nc2ncc(F)cc2F)CC1. The van der Waals surface area contributed by atoms with Crippen LogP contribution >= 0.6 is 0 Å². The number of hydrogen-bond donors (Lipinski definition) is 1. The number of nitrogens with one attached hydrogen (secondary N) is 1. The van der Waals surface area contributed by atoms with Crippen molar-refractivity contribution in [3.63, 3.8) is 0 Å².